The largest absolute Gasteiger partial charge is 0.343 e. The van der Waals surface area contributed by atoms with E-state index in [1.54, 1.807) is 19.0 Å². The Labute approximate surface area is 154 Å². The highest BCUT2D eigenvalue weighted by Gasteiger charge is 2.26. The van der Waals surface area contributed by atoms with Crippen LogP contribution in [0.3, 0.4) is 0 Å². The van der Waals surface area contributed by atoms with Crippen molar-refractivity contribution in [2.45, 2.75) is 33.2 Å². The summed E-state index contributed by atoms with van der Waals surface area (Å²) in [6, 6.07) is 3.68. The number of amides is 1. The summed E-state index contributed by atoms with van der Waals surface area (Å²) >= 11 is 6.19. The van der Waals surface area contributed by atoms with Gasteiger partial charge in [-0.3, -0.25) is 9.69 Å². The summed E-state index contributed by atoms with van der Waals surface area (Å²) in [6.07, 6.45) is 4.35. The number of piperidine rings is 1. The van der Waals surface area contributed by atoms with Gasteiger partial charge in [-0.1, -0.05) is 25.4 Å². The molecule has 1 saturated heterocycles. The van der Waals surface area contributed by atoms with Gasteiger partial charge in [0.25, 0.3) is 5.91 Å². The predicted molar refractivity (Wildman–Crippen MR) is 101 cm³/mol. The maximum atomic E-state index is 12.6. The molecular formula is C19H27ClN4O. The molecule has 6 heteroatoms. The molecule has 0 N–H and O–H groups in total. The number of hydrogen-bond acceptors (Lipinski definition) is 3. The van der Waals surface area contributed by atoms with Crippen LogP contribution in [0.1, 0.15) is 42.9 Å². The number of carbonyl (C=O) groups is 1. The second-order valence-electron chi connectivity index (χ2n) is 7.56. The molecule has 0 saturated carbocycles. The SMILES string of the molecule is CC(C)[C@H]1CCCN(Cc2c(C(=O)N(C)C)nc3ccc(Cl)cn23)C1. The van der Waals surface area contributed by atoms with Gasteiger partial charge >= 0.3 is 0 Å². The van der Waals surface area contributed by atoms with Gasteiger partial charge in [-0.05, 0) is 43.4 Å². The maximum absolute atomic E-state index is 12.6. The number of likely N-dealkylation sites (tertiary alicyclic amines) is 1. The average molecular weight is 363 g/mol. The van der Waals surface area contributed by atoms with Crippen molar-refractivity contribution in [1.29, 1.82) is 0 Å². The first-order valence-electron chi connectivity index (χ1n) is 8.97. The van der Waals surface area contributed by atoms with Crippen molar-refractivity contribution in [2.75, 3.05) is 27.2 Å². The molecule has 1 atom stereocenters. The number of nitrogens with zero attached hydrogens (tertiary/aromatic N) is 4. The van der Waals surface area contributed by atoms with Gasteiger partial charge < -0.3 is 9.30 Å². The van der Waals surface area contributed by atoms with Gasteiger partial charge in [0.05, 0.1) is 10.7 Å². The van der Waals surface area contributed by atoms with E-state index in [1.165, 1.54) is 12.8 Å². The van der Waals surface area contributed by atoms with E-state index in [2.05, 4.69) is 23.7 Å². The molecule has 5 nitrogen and oxygen atoms in total. The summed E-state index contributed by atoms with van der Waals surface area (Å²) in [5, 5.41) is 0.647. The number of fused-ring (bicyclic) bond motifs is 1. The fraction of sp³-hybridized carbons (Fsp3) is 0.579. The van der Waals surface area contributed by atoms with Crippen LogP contribution in [0.2, 0.25) is 5.02 Å². The summed E-state index contributed by atoms with van der Waals surface area (Å²) in [5.74, 6) is 1.33. The zero-order chi connectivity index (χ0) is 18.1. The Kier molecular flexibility index (Phi) is 5.35. The first-order valence-corrected chi connectivity index (χ1v) is 9.35. The number of halogens is 1. The average Bonchev–Trinajstić information content (AvgIpc) is 2.92. The molecular weight excluding hydrogens is 336 g/mol. The Morgan fingerprint density at radius 1 is 1.40 bits per heavy atom. The molecule has 0 unspecified atom stereocenters. The van der Waals surface area contributed by atoms with Crippen molar-refractivity contribution in [3.8, 4) is 0 Å². The summed E-state index contributed by atoms with van der Waals surface area (Å²) in [7, 11) is 3.53. The van der Waals surface area contributed by atoms with Gasteiger partial charge in [-0.25, -0.2) is 4.98 Å². The summed E-state index contributed by atoms with van der Waals surface area (Å²) < 4.78 is 1.97. The van der Waals surface area contributed by atoms with Crippen LogP contribution in [0.5, 0.6) is 0 Å². The van der Waals surface area contributed by atoms with Crippen LogP contribution < -0.4 is 0 Å². The third-order valence-corrected chi connectivity index (χ3v) is 5.37. The van der Waals surface area contributed by atoms with Gasteiger partial charge in [0.15, 0.2) is 5.69 Å². The molecule has 136 valence electrons. The second kappa shape index (κ2) is 7.34. The van der Waals surface area contributed by atoms with Crippen LogP contribution in [0.15, 0.2) is 18.3 Å². The number of hydrogen-bond donors (Lipinski definition) is 0. The molecule has 2 aromatic heterocycles. The molecule has 0 aromatic carbocycles. The van der Waals surface area contributed by atoms with E-state index in [4.69, 9.17) is 11.6 Å². The molecule has 3 heterocycles. The second-order valence-corrected chi connectivity index (χ2v) is 8.00. The number of pyridine rings is 1. The highest BCUT2D eigenvalue weighted by atomic mass is 35.5. The highest BCUT2D eigenvalue weighted by molar-refractivity contribution is 6.30. The Balaban J connectivity index is 1.97. The van der Waals surface area contributed by atoms with Crippen LogP contribution in [0, 0.1) is 11.8 Å². The quantitative estimate of drug-likeness (QED) is 0.835. The molecule has 1 amide bonds. The molecule has 1 fully saturated rings. The van der Waals surface area contributed by atoms with Gasteiger partial charge in [0, 0.05) is 33.4 Å². The number of aromatic nitrogens is 2. The third kappa shape index (κ3) is 3.82. The lowest BCUT2D eigenvalue weighted by Crippen LogP contribution is -2.37. The van der Waals surface area contributed by atoms with Crippen LogP contribution in [-0.2, 0) is 6.54 Å². The zero-order valence-electron chi connectivity index (χ0n) is 15.5. The van der Waals surface area contributed by atoms with Crippen molar-refractivity contribution in [2.24, 2.45) is 11.8 Å². The van der Waals surface area contributed by atoms with E-state index < -0.39 is 0 Å². The predicted octanol–water partition coefficient (Wildman–Crippen LogP) is 3.56. The smallest absolute Gasteiger partial charge is 0.273 e. The van der Waals surface area contributed by atoms with Gasteiger partial charge in [-0.2, -0.15) is 0 Å². The minimum Gasteiger partial charge on any atom is -0.343 e. The Morgan fingerprint density at radius 2 is 2.16 bits per heavy atom. The first-order chi connectivity index (χ1) is 11.9. The number of imidazole rings is 1. The third-order valence-electron chi connectivity index (χ3n) is 5.15. The standard InChI is InChI=1S/C19H27ClN4O/c1-13(2)14-6-5-9-23(10-14)12-16-18(19(25)22(3)4)21-17-8-7-15(20)11-24(16)17/h7-8,11,13-14H,5-6,9-10,12H2,1-4H3/t14-/m0/s1. The lowest BCUT2D eigenvalue weighted by Gasteiger charge is -2.34. The normalized spacial score (nSPS) is 18.9. The molecule has 0 radical (unpaired) electrons. The van der Waals surface area contributed by atoms with Crippen molar-refractivity contribution in [3.63, 3.8) is 0 Å². The fourth-order valence-corrected chi connectivity index (χ4v) is 3.75. The van der Waals surface area contributed by atoms with E-state index in [1.807, 2.05) is 22.7 Å². The Morgan fingerprint density at radius 3 is 2.84 bits per heavy atom. The van der Waals surface area contributed by atoms with Gasteiger partial charge in [0.2, 0.25) is 0 Å². The van der Waals surface area contributed by atoms with Crippen LogP contribution >= 0.6 is 11.6 Å². The van der Waals surface area contributed by atoms with Crippen molar-refractivity contribution in [1.82, 2.24) is 19.2 Å². The first kappa shape index (κ1) is 18.2. The molecule has 0 spiro atoms. The molecule has 0 bridgehead atoms. The summed E-state index contributed by atoms with van der Waals surface area (Å²) in [4.78, 5) is 21.2. The van der Waals surface area contributed by atoms with E-state index in [9.17, 15) is 4.79 Å². The van der Waals surface area contributed by atoms with Crippen molar-refractivity contribution in [3.05, 3.63) is 34.7 Å². The lowest BCUT2D eigenvalue weighted by molar-refractivity contribution is 0.0818. The summed E-state index contributed by atoms with van der Waals surface area (Å²) in [5.41, 5.74) is 2.22. The Hall–Kier alpha value is -1.59. The van der Waals surface area contributed by atoms with E-state index in [0.29, 0.717) is 22.6 Å². The van der Waals surface area contributed by atoms with E-state index >= 15 is 0 Å². The van der Waals surface area contributed by atoms with Crippen LogP contribution in [0.25, 0.3) is 5.65 Å². The molecule has 25 heavy (non-hydrogen) atoms. The summed E-state index contributed by atoms with van der Waals surface area (Å²) in [6.45, 7) is 7.44. The molecule has 1 aliphatic heterocycles. The lowest BCUT2D eigenvalue weighted by atomic mass is 9.88. The van der Waals surface area contributed by atoms with Gasteiger partial charge in [-0.15, -0.1) is 0 Å². The fourth-order valence-electron chi connectivity index (χ4n) is 3.59. The zero-order valence-corrected chi connectivity index (χ0v) is 16.3. The van der Waals surface area contributed by atoms with Gasteiger partial charge in [0.1, 0.15) is 5.65 Å². The van der Waals surface area contributed by atoms with Crippen LogP contribution in [-0.4, -0.2) is 52.3 Å². The highest BCUT2D eigenvalue weighted by Crippen LogP contribution is 2.26. The molecule has 3 rings (SSSR count). The molecule has 1 aliphatic rings. The maximum Gasteiger partial charge on any atom is 0.273 e. The number of carbonyl (C=O) groups excluding carboxylic acids is 1. The van der Waals surface area contributed by atoms with E-state index in [0.717, 1.165) is 31.0 Å². The van der Waals surface area contributed by atoms with Crippen molar-refractivity contribution >= 4 is 23.2 Å². The Bertz CT molecular complexity index is 768. The molecule has 2 aromatic rings. The van der Waals surface area contributed by atoms with Crippen LogP contribution in [0.4, 0.5) is 0 Å². The van der Waals surface area contributed by atoms with Crippen molar-refractivity contribution < 1.29 is 4.79 Å². The molecule has 0 aliphatic carbocycles. The topological polar surface area (TPSA) is 40.9 Å². The monoisotopic (exact) mass is 362 g/mol. The van der Waals surface area contributed by atoms with E-state index in [-0.39, 0.29) is 5.91 Å². The minimum atomic E-state index is -0.0627. The minimum absolute atomic E-state index is 0.0627. The number of rotatable bonds is 4.